The Balaban J connectivity index is 1.56. The number of para-hydroxylation sites is 1. The van der Waals surface area contributed by atoms with Crippen molar-refractivity contribution < 1.29 is 4.74 Å². The fourth-order valence-electron chi connectivity index (χ4n) is 3.88. The largest absolute Gasteiger partial charge is 0.381 e. The third-order valence-electron chi connectivity index (χ3n) is 5.31. The van der Waals surface area contributed by atoms with Gasteiger partial charge in [-0.3, -0.25) is 4.99 Å². The smallest absolute Gasteiger partial charge is 0.107 e. The Morgan fingerprint density at radius 2 is 1.92 bits per heavy atom. The number of aliphatic imine (C=N–C) groups is 1. The number of benzene rings is 2. The van der Waals surface area contributed by atoms with Crippen LogP contribution in [0.3, 0.4) is 0 Å². The average Bonchev–Trinajstić information content (AvgIpc) is 2.63. The second-order valence-corrected chi connectivity index (χ2v) is 7.40. The Morgan fingerprint density at radius 3 is 2.76 bits per heavy atom. The van der Waals surface area contributed by atoms with E-state index < -0.39 is 0 Å². The zero-order chi connectivity index (χ0) is 17.1. The molecule has 2 aliphatic heterocycles. The number of amidine groups is 1. The molecule has 130 valence electrons. The van der Waals surface area contributed by atoms with Gasteiger partial charge in [0.15, 0.2) is 0 Å². The van der Waals surface area contributed by atoms with Gasteiger partial charge in [-0.15, -0.1) is 0 Å². The van der Waals surface area contributed by atoms with E-state index >= 15 is 0 Å². The van der Waals surface area contributed by atoms with Gasteiger partial charge in [-0.2, -0.15) is 0 Å². The van der Waals surface area contributed by atoms with Gasteiger partial charge in [0.05, 0.1) is 0 Å². The van der Waals surface area contributed by atoms with E-state index in [0.717, 1.165) is 56.3 Å². The first-order chi connectivity index (χ1) is 12.3. The second kappa shape index (κ2) is 7.19. The molecule has 1 spiro atoms. The van der Waals surface area contributed by atoms with E-state index in [1.54, 1.807) is 0 Å². The van der Waals surface area contributed by atoms with Crippen LogP contribution >= 0.6 is 11.6 Å². The van der Waals surface area contributed by atoms with Gasteiger partial charge < -0.3 is 10.1 Å². The summed E-state index contributed by atoms with van der Waals surface area (Å²) in [6.45, 7) is 2.40. The molecule has 0 aliphatic carbocycles. The number of rotatable bonds is 3. The van der Waals surface area contributed by atoms with E-state index in [1.165, 1.54) is 16.8 Å². The average molecular weight is 355 g/mol. The van der Waals surface area contributed by atoms with Crippen LogP contribution < -0.4 is 5.32 Å². The van der Waals surface area contributed by atoms with Gasteiger partial charge in [-0.05, 0) is 55.0 Å². The minimum atomic E-state index is 0.0982. The molecule has 1 fully saturated rings. The highest BCUT2D eigenvalue weighted by molar-refractivity contribution is 6.30. The van der Waals surface area contributed by atoms with Crippen LogP contribution in [0.2, 0.25) is 5.02 Å². The summed E-state index contributed by atoms with van der Waals surface area (Å²) in [6, 6.07) is 16.6. The first-order valence-corrected chi connectivity index (χ1v) is 9.35. The van der Waals surface area contributed by atoms with E-state index in [2.05, 4.69) is 35.6 Å². The molecule has 0 atom stereocenters. The summed E-state index contributed by atoms with van der Waals surface area (Å²) in [4.78, 5) is 4.99. The van der Waals surface area contributed by atoms with Crippen molar-refractivity contribution in [1.82, 2.24) is 0 Å². The van der Waals surface area contributed by atoms with E-state index in [4.69, 9.17) is 21.3 Å². The lowest BCUT2D eigenvalue weighted by Crippen LogP contribution is -2.46. The first kappa shape index (κ1) is 16.6. The predicted octanol–water partition coefficient (Wildman–Crippen LogP) is 4.75. The van der Waals surface area contributed by atoms with Crippen LogP contribution in [-0.4, -0.2) is 25.6 Å². The lowest BCUT2D eigenvalue weighted by atomic mass is 9.71. The van der Waals surface area contributed by atoms with Crippen molar-refractivity contribution in [1.29, 1.82) is 0 Å². The first-order valence-electron chi connectivity index (χ1n) is 8.97. The van der Waals surface area contributed by atoms with Crippen LogP contribution in [0.4, 0.5) is 5.69 Å². The molecule has 0 unspecified atom stereocenters. The maximum absolute atomic E-state index is 6.08. The maximum Gasteiger partial charge on any atom is 0.107 e. The summed E-state index contributed by atoms with van der Waals surface area (Å²) in [7, 11) is 0. The van der Waals surface area contributed by atoms with Gasteiger partial charge in [0.25, 0.3) is 0 Å². The Bertz CT molecular complexity index is 781. The molecule has 0 amide bonds. The van der Waals surface area contributed by atoms with Crippen LogP contribution in [0.5, 0.6) is 0 Å². The fraction of sp³-hybridized carbons (Fsp3) is 0.381. The number of nitrogens with zero attached hydrogens (tertiary/aromatic N) is 1. The van der Waals surface area contributed by atoms with E-state index in [1.807, 2.05) is 18.2 Å². The molecule has 1 N–H and O–H groups in total. The van der Waals surface area contributed by atoms with E-state index in [9.17, 15) is 0 Å². The monoisotopic (exact) mass is 354 g/mol. The Kier molecular flexibility index (Phi) is 4.78. The molecule has 2 aromatic rings. The zero-order valence-corrected chi connectivity index (χ0v) is 15.1. The Labute approximate surface area is 154 Å². The third kappa shape index (κ3) is 3.58. The molecule has 2 aliphatic rings. The number of halogens is 1. The molecular weight excluding hydrogens is 332 g/mol. The molecule has 4 heteroatoms. The highest BCUT2D eigenvalue weighted by Crippen LogP contribution is 2.41. The summed E-state index contributed by atoms with van der Waals surface area (Å²) in [5.41, 5.74) is 3.91. The molecular formula is C21H23ClN2O. The van der Waals surface area contributed by atoms with Gasteiger partial charge in [-0.25, -0.2) is 0 Å². The number of fused-ring (bicyclic) bond motifs is 1. The molecule has 0 bridgehead atoms. The number of hydrogen-bond acceptors (Lipinski definition) is 2. The van der Waals surface area contributed by atoms with Crippen molar-refractivity contribution in [2.45, 2.75) is 25.7 Å². The lowest BCUT2D eigenvalue weighted by molar-refractivity contribution is 0.0449. The number of nitrogens with one attached hydrogen (secondary N) is 1. The fourth-order valence-corrected chi connectivity index (χ4v) is 4.09. The van der Waals surface area contributed by atoms with Crippen molar-refractivity contribution in [2.24, 2.45) is 10.4 Å². The molecule has 3 nitrogen and oxygen atoms in total. The Morgan fingerprint density at radius 1 is 1.08 bits per heavy atom. The van der Waals surface area contributed by atoms with Crippen LogP contribution in [0.1, 0.15) is 24.0 Å². The molecule has 0 aromatic heterocycles. The van der Waals surface area contributed by atoms with Crippen LogP contribution in [0, 0.1) is 5.41 Å². The van der Waals surface area contributed by atoms with Crippen molar-refractivity contribution >= 4 is 23.1 Å². The lowest BCUT2D eigenvalue weighted by Gasteiger charge is -2.42. The summed E-state index contributed by atoms with van der Waals surface area (Å²) in [6.07, 6.45) is 4.02. The second-order valence-electron chi connectivity index (χ2n) is 6.96. The minimum Gasteiger partial charge on any atom is -0.381 e. The Hall–Kier alpha value is -1.84. The van der Waals surface area contributed by atoms with Crippen molar-refractivity contribution in [3.05, 3.63) is 64.7 Å². The number of hydrogen-bond donors (Lipinski definition) is 1. The number of ether oxygens (including phenoxy) is 1. The normalized spacial score (nSPS) is 20.3. The highest BCUT2D eigenvalue weighted by atomic mass is 35.5. The molecule has 2 heterocycles. The van der Waals surface area contributed by atoms with Crippen molar-refractivity contribution in [3.8, 4) is 0 Å². The third-order valence-corrected chi connectivity index (χ3v) is 5.55. The topological polar surface area (TPSA) is 33.6 Å². The van der Waals surface area contributed by atoms with Crippen LogP contribution in [0.25, 0.3) is 0 Å². The predicted molar refractivity (Wildman–Crippen MR) is 104 cm³/mol. The number of anilines is 1. The van der Waals surface area contributed by atoms with Gasteiger partial charge >= 0.3 is 0 Å². The highest BCUT2D eigenvalue weighted by Gasteiger charge is 2.41. The van der Waals surface area contributed by atoms with Gasteiger partial charge in [-0.1, -0.05) is 41.9 Å². The van der Waals surface area contributed by atoms with Gasteiger partial charge in [0.2, 0.25) is 0 Å². The van der Waals surface area contributed by atoms with Crippen molar-refractivity contribution in [3.63, 3.8) is 0 Å². The summed E-state index contributed by atoms with van der Waals surface area (Å²) in [5, 5.41) is 4.41. The van der Waals surface area contributed by atoms with Gasteiger partial charge in [0.1, 0.15) is 5.84 Å². The molecule has 2 aromatic carbocycles. The van der Waals surface area contributed by atoms with Crippen molar-refractivity contribution in [2.75, 3.05) is 25.1 Å². The molecule has 25 heavy (non-hydrogen) atoms. The van der Waals surface area contributed by atoms with Crippen LogP contribution in [0.15, 0.2) is 53.5 Å². The van der Waals surface area contributed by atoms with E-state index in [-0.39, 0.29) is 5.41 Å². The molecule has 0 saturated carbocycles. The zero-order valence-electron chi connectivity index (χ0n) is 14.3. The van der Waals surface area contributed by atoms with Gasteiger partial charge in [0, 0.05) is 35.9 Å². The SMILES string of the molecule is Clc1cccc(CCN=C2Nc3ccccc3CC23CCOCC3)c1. The standard InChI is InChI=1S/C21H23ClN2O/c22-18-6-3-4-16(14-18)8-11-23-20-21(9-12-25-13-10-21)15-17-5-1-2-7-19(17)24-20/h1-7,14H,8-13,15H2,(H,23,24). The quantitative estimate of drug-likeness (QED) is 0.863. The summed E-state index contributed by atoms with van der Waals surface area (Å²) >= 11 is 6.08. The summed E-state index contributed by atoms with van der Waals surface area (Å²) < 4.78 is 5.62. The van der Waals surface area contributed by atoms with Crippen LogP contribution in [-0.2, 0) is 17.6 Å². The van der Waals surface area contributed by atoms with E-state index in [0.29, 0.717) is 0 Å². The molecule has 0 radical (unpaired) electrons. The molecule has 1 saturated heterocycles. The summed E-state index contributed by atoms with van der Waals surface area (Å²) in [5.74, 6) is 1.14. The maximum atomic E-state index is 6.08. The molecule has 4 rings (SSSR count). The minimum absolute atomic E-state index is 0.0982.